The Bertz CT molecular complexity index is 319. The summed E-state index contributed by atoms with van der Waals surface area (Å²) in [6, 6.07) is 2.07. The number of ether oxygens (including phenoxy) is 1. The quantitative estimate of drug-likeness (QED) is 0.760. The van der Waals surface area contributed by atoms with Gasteiger partial charge in [-0.05, 0) is 30.5 Å². The molecule has 2 rings (SSSR count). The van der Waals surface area contributed by atoms with Crippen molar-refractivity contribution in [1.29, 1.82) is 0 Å². The number of nitrogens with two attached hydrogens (primary N) is 1. The summed E-state index contributed by atoms with van der Waals surface area (Å²) in [7, 11) is 0. The summed E-state index contributed by atoms with van der Waals surface area (Å²) in [5, 5.41) is 0. The average Bonchev–Trinajstić information content (AvgIpc) is 2.68. The number of pyridine rings is 1. The number of rotatable bonds is 2. The van der Waals surface area contributed by atoms with Gasteiger partial charge in [-0.1, -0.05) is 0 Å². The number of aryl methyl sites for hydroxylation is 1. The van der Waals surface area contributed by atoms with Crippen LogP contribution >= 0.6 is 0 Å². The maximum atomic E-state index is 5.87. The van der Waals surface area contributed by atoms with Crippen LogP contribution in [0, 0.1) is 6.92 Å². The van der Waals surface area contributed by atoms with Crippen LogP contribution in [0.3, 0.4) is 0 Å². The SMILES string of the molecule is Cc1cnccc1C1(CN)CCOC1. The number of hydrogen-bond acceptors (Lipinski definition) is 3. The number of hydrogen-bond donors (Lipinski definition) is 1. The maximum Gasteiger partial charge on any atom is 0.0576 e. The Morgan fingerprint density at radius 1 is 1.64 bits per heavy atom. The highest BCUT2D eigenvalue weighted by atomic mass is 16.5. The van der Waals surface area contributed by atoms with E-state index >= 15 is 0 Å². The van der Waals surface area contributed by atoms with Crippen molar-refractivity contribution in [2.45, 2.75) is 18.8 Å². The van der Waals surface area contributed by atoms with Gasteiger partial charge in [-0.25, -0.2) is 0 Å². The third kappa shape index (κ3) is 1.42. The molecule has 76 valence electrons. The van der Waals surface area contributed by atoms with Crippen molar-refractivity contribution in [3.05, 3.63) is 29.6 Å². The largest absolute Gasteiger partial charge is 0.380 e. The second-order valence-electron chi connectivity index (χ2n) is 3.98. The van der Waals surface area contributed by atoms with E-state index in [0.29, 0.717) is 6.54 Å². The fourth-order valence-electron chi connectivity index (χ4n) is 2.16. The van der Waals surface area contributed by atoms with E-state index in [0.717, 1.165) is 19.6 Å². The molecule has 1 atom stereocenters. The fourth-order valence-corrected chi connectivity index (χ4v) is 2.16. The third-order valence-corrected chi connectivity index (χ3v) is 3.09. The predicted molar refractivity (Wildman–Crippen MR) is 55.1 cm³/mol. The summed E-state index contributed by atoms with van der Waals surface area (Å²) in [5.74, 6) is 0. The molecule has 0 bridgehead atoms. The molecule has 1 aromatic rings. The molecule has 2 N–H and O–H groups in total. The van der Waals surface area contributed by atoms with E-state index in [1.165, 1.54) is 11.1 Å². The Kier molecular flexibility index (Phi) is 2.52. The Hall–Kier alpha value is -0.930. The van der Waals surface area contributed by atoms with Crippen molar-refractivity contribution in [2.24, 2.45) is 5.73 Å². The van der Waals surface area contributed by atoms with E-state index < -0.39 is 0 Å². The minimum atomic E-state index is 0.0347. The first kappa shape index (κ1) is 9.62. The highest BCUT2D eigenvalue weighted by molar-refractivity contribution is 5.32. The maximum absolute atomic E-state index is 5.87. The molecule has 0 aromatic carbocycles. The molecule has 1 unspecified atom stereocenters. The molecule has 1 fully saturated rings. The number of aromatic nitrogens is 1. The molecule has 2 heterocycles. The summed E-state index contributed by atoms with van der Waals surface area (Å²) in [4.78, 5) is 4.10. The molecule has 3 heteroatoms. The summed E-state index contributed by atoms with van der Waals surface area (Å²) in [5.41, 5.74) is 8.41. The van der Waals surface area contributed by atoms with Gasteiger partial charge in [0.25, 0.3) is 0 Å². The summed E-state index contributed by atoms with van der Waals surface area (Å²) < 4.78 is 5.46. The van der Waals surface area contributed by atoms with Crippen LogP contribution in [0.1, 0.15) is 17.5 Å². The van der Waals surface area contributed by atoms with Gasteiger partial charge in [-0.3, -0.25) is 4.98 Å². The van der Waals surface area contributed by atoms with Gasteiger partial charge in [0, 0.05) is 31.0 Å². The van der Waals surface area contributed by atoms with Gasteiger partial charge < -0.3 is 10.5 Å². The van der Waals surface area contributed by atoms with Gasteiger partial charge in [-0.15, -0.1) is 0 Å². The van der Waals surface area contributed by atoms with Crippen molar-refractivity contribution < 1.29 is 4.74 Å². The second-order valence-corrected chi connectivity index (χ2v) is 3.98. The van der Waals surface area contributed by atoms with Crippen molar-refractivity contribution in [3.8, 4) is 0 Å². The van der Waals surface area contributed by atoms with Crippen LogP contribution in [-0.4, -0.2) is 24.7 Å². The van der Waals surface area contributed by atoms with Gasteiger partial charge in [-0.2, -0.15) is 0 Å². The fraction of sp³-hybridized carbons (Fsp3) is 0.545. The highest BCUT2D eigenvalue weighted by Gasteiger charge is 2.36. The van der Waals surface area contributed by atoms with E-state index in [2.05, 4.69) is 18.0 Å². The molecule has 1 aliphatic heterocycles. The smallest absolute Gasteiger partial charge is 0.0576 e. The van der Waals surface area contributed by atoms with Crippen molar-refractivity contribution in [2.75, 3.05) is 19.8 Å². The molecule has 0 saturated carbocycles. The first-order valence-electron chi connectivity index (χ1n) is 4.97. The zero-order chi connectivity index (χ0) is 10.0. The zero-order valence-electron chi connectivity index (χ0n) is 8.49. The normalized spacial score (nSPS) is 26.7. The van der Waals surface area contributed by atoms with E-state index in [4.69, 9.17) is 10.5 Å². The van der Waals surface area contributed by atoms with Gasteiger partial charge >= 0.3 is 0 Å². The average molecular weight is 192 g/mol. The van der Waals surface area contributed by atoms with Gasteiger partial charge in [0.15, 0.2) is 0 Å². The monoisotopic (exact) mass is 192 g/mol. The molecule has 0 amide bonds. The van der Waals surface area contributed by atoms with Gasteiger partial charge in [0.05, 0.1) is 6.61 Å². The summed E-state index contributed by atoms with van der Waals surface area (Å²) in [6.07, 6.45) is 4.75. The Labute approximate surface area is 84.3 Å². The minimum Gasteiger partial charge on any atom is -0.380 e. The second kappa shape index (κ2) is 3.67. The van der Waals surface area contributed by atoms with Gasteiger partial charge in [0.2, 0.25) is 0 Å². The van der Waals surface area contributed by atoms with Crippen LogP contribution < -0.4 is 5.73 Å². The molecule has 0 spiro atoms. The Balaban J connectivity index is 2.41. The van der Waals surface area contributed by atoms with Crippen LogP contribution in [0.25, 0.3) is 0 Å². The Morgan fingerprint density at radius 2 is 2.50 bits per heavy atom. The molecule has 3 nitrogen and oxygen atoms in total. The lowest BCUT2D eigenvalue weighted by Crippen LogP contribution is -2.36. The van der Waals surface area contributed by atoms with Crippen molar-refractivity contribution in [1.82, 2.24) is 4.98 Å². The molecular weight excluding hydrogens is 176 g/mol. The topological polar surface area (TPSA) is 48.1 Å². The first-order chi connectivity index (χ1) is 6.78. The van der Waals surface area contributed by atoms with Crippen LogP contribution in [0.5, 0.6) is 0 Å². The molecule has 0 aliphatic carbocycles. The highest BCUT2D eigenvalue weighted by Crippen LogP contribution is 2.33. The lowest BCUT2D eigenvalue weighted by molar-refractivity contribution is 0.178. The Morgan fingerprint density at radius 3 is 3.07 bits per heavy atom. The van der Waals surface area contributed by atoms with E-state index in [-0.39, 0.29) is 5.41 Å². The van der Waals surface area contributed by atoms with E-state index in [1.54, 1.807) is 0 Å². The van der Waals surface area contributed by atoms with Crippen LogP contribution in [0.4, 0.5) is 0 Å². The standard InChI is InChI=1S/C11H16N2O/c1-9-6-13-4-2-10(9)11(7-12)3-5-14-8-11/h2,4,6H,3,5,7-8,12H2,1H3. The zero-order valence-corrected chi connectivity index (χ0v) is 8.49. The van der Waals surface area contributed by atoms with E-state index in [9.17, 15) is 0 Å². The minimum absolute atomic E-state index is 0.0347. The van der Waals surface area contributed by atoms with Gasteiger partial charge in [0.1, 0.15) is 0 Å². The predicted octanol–water partition coefficient (Wildman–Crippen LogP) is 1.01. The number of nitrogens with zero attached hydrogens (tertiary/aromatic N) is 1. The molecule has 14 heavy (non-hydrogen) atoms. The molecule has 1 aromatic heterocycles. The first-order valence-corrected chi connectivity index (χ1v) is 4.97. The van der Waals surface area contributed by atoms with Crippen LogP contribution in [-0.2, 0) is 10.2 Å². The lowest BCUT2D eigenvalue weighted by atomic mass is 9.78. The van der Waals surface area contributed by atoms with Crippen LogP contribution in [0.2, 0.25) is 0 Å². The molecule has 0 radical (unpaired) electrons. The molecular formula is C11H16N2O. The summed E-state index contributed by atoms with van der Waals surface area (Å²) in [6.45, 7) is 4.29. The van der Waals surface area contributed by atoms with E-state index in [1.807, 2.05) is 12.4 Å². The molecule has 1 saturated heterocycles. The molecule has 1 aliphatic rings. The lowest BCUT2D eigenvalue weighted by Gasteiger charge is -2.27. The summed E-state index contributed by atoms with van der Waals surface area (Å²) >= 11 is 0. The van der Waals surface area contributed by atoms with Crippen LogP contribution in [0.15, 0.2) is 18.5 Å². The third-order valence-electron chi connectivity index (χ3n) is 3.09. The van der Waals surface area contributed by atoms with Crippen molar-refractivity contribution >= 4 is 0 Å². The van der Waals surface area contributed by atoms with Crippen molar-refractivity contribution in [3.63, 3.8) is 0 Å².